The van der Waals surface area contributed by atoms with E-state index in [1.165, 1.54) is 45.6 Å². The van der Waals surface area contributed by atoms with Crippen molar-refractivity contribution >= 4 is 15.9 Å². The molecule has 0 aromatic heterocycles. The second kappa shape index (κ2) is 6.21. The SMILES string of the molecule is CN(CCN1CCCC1)CC(C)(C)CBr. The zero-order chi connectivity index (χ0) is 11.3. The minimum Gasteiger partial charge on any atom is -0.305 e. The molecule has 1 rings (SSSR count). The van der Waals surface area contributed by atoms with Crippen LogP contribution in [0.4, 0.5) is 0 Å². The highest BCUT2D eigenvalue weighted by Crippen LogP contribution is 2.19. The normalized spacial score (nSPS) is 19.0. The number of halogens is 1. The van der Waals surface area contributed by atoms with Gasteiger partial charge >= 0.3 is 0 Å². The van der Waals surface area contributed by atoms with Gasteiger partial charge in [-0.25, -0.2) is 0 Å². The van der Waals surface area contributed by atoms with Crippen molar-refractivity contribution in [2.24, 2.45) is 5.41 Å². The van der Waals surface area contributed by atoms with Crippen LogP contribution in [0.15, 0.2) is 0 Å². The van der Waals surface area contributed by atoms with Gasteiger partial charge in [0.1, 0.15) is 0 Å². The van der Waals surface area contributed by atoms with Crippen molar-refractivity contribution in [2.45, 2.75) is 26.7 Å². The smallest absolute Gasteiger partial charge is 0.0109 e. The average Bonchev–Trinajstić information content (AvgIpc) is 2.66. The van der Waals surface area contributed by atoms with Crippen LogP contribution in [0.25, 0.3) is 0 Å². The Labute approximate surface area is 103 Å². The molecule has 0 aliphatic carbocycles. The Morgan fingerprint density at radius 2 is 1.87 bits per heavy atom. The van der Waals surface area contributed by atoms with E-state index in [2.05, 4.69) is 46.6 Å². The molecule has 0 N–H and O–H groups in total. The molecule has 0 aromatic carbocycles. The van der Waals surface area contributed by atoms with Crippen LogP contribution in [0.2, 0.25) is 0 Å². The first kappa shape index (κ1) is 13.5. The molecule has 1 aliphatic rings. The van der Waals surface area contributed by atoms with E-state index in [0.29, 0.717) is 5.41 Å². The Balaban J connectivity index is 2.15. The second-order valence-corrected chi connectivity index (χ2v) is 6.15. The maximum absolute atomic E-state index is 3.58. The van der Waals surface area contributed by atoms with Crippen LogP contribution in [0, 0.1) is 5.41 Å². The molecule has 0 unspecified atom stereocenters. The molecule has 0 amide bonds. The molecule has 3 heteroatoms. The van der Waals surface area contributed by atoms with Gasteiger partial charge < -0.3 is 9.80 Å². The highest BCUT2D eigenvalue weighted by molar-refractivity contribution is 9.09. The summed E-state index contributed by atoms with van der Waals surface area (Å²) < 4.78 is 0. The summed E-state index contributed by atoms with van der Waals surface area (Å²) >= 11 is 3.58. The van der Waals surface area contributed by atoms with E-state index in [9.17, 15) is 0 Å². The average molecular weight is 277 g/mol. The highest BCUT2D eigenvalue weighted by atomic mass is 79.9. The third-order valence-electron chi connectivity index (χ3n) is 3.06. The summed E-state index contributed by atoms with van der Waals surface area (Å²) in [5, 5.41) is 1.08. The predicted octanol–water partition coefficient (Wildman–Crippen LogP) is 2.44. The Hall–Kier alpha value is 0.400. The van der Waals surface area contributed by atoms with Gasteiger partial charge in [0.2, 0.25) is 0 Å². The third-order valence-corrected chi connectivity index (χ3v) is 4.57. The first-order valence-electron chi connectivity index (χ1n) is 6.00. The molecule has 0 saturated carbocycles. The van der Waals surface area contributed by atoms with Crippen LogP contribution < -0.4 is 0 Å². The molecule has 2 nitrogen and oxygen atoms in total. The van der Waals surface area contributed by atoms with Gasteiger partial charge in [0.15, 0.2) is 0 Å². The van der Waals surface area contributed by atoms with E-state index in [1.54, 1.807) is 0 Å². The van der Waals surface area contributed by atoms with Gasteiger partial charge in [0.25, 0.3) is 0 Å². The minimum atomic E-state index is 0.389. The molecule has 1 saturated heterocycles. The molecule has 90 valence electrons. The van der Waals surface area contributed by atoms with Crippen LogP contribution >= 0.6 is 15.9 Å². The van der Waals surface area contributed by atoms with Crippen LogP contribution in [0.1, 0.15) is 26.7 Å². The molecular formula is C12H25BrN2. The first-order valence-corrected chi connectivity index (χ1v) is 7.12. The molecule has 1 fully saturated rings. The van der Waals surface area contributed by atoms with Crippen molar-refractivity contribution in [3.63, 3.8) is 0 Å². The van der Waals surface area contributed by atoms with Crippen molar-refractivity contribution in [3.8, 4) is 0 Å². The molecule has 1 aliphatic heterocycles. The minimum absolute atomic E-state index is 0.389. The number of likely N-dealkylation sites (N-methyl/N-ethyl adjacent to an activating group) is 1. The van der Waals surface area contributed by atoms with Gasteiger partial charge in [-0.3, -0.25) is 0 Å². The lowest BCUT2D eigenvalue weighted by Gasteiger charge is -2.29. The Kier molecular flexibility index (Phi) is 5.58. The third kappa shape index (κ3) is 5.32. The first-order chi connectivity index (χ1) is 7.03. The molecule has 0 bridgehead atoms. The summed E-state index contributed by atoms with van der Waals surface area (Å²) in [6.07, 6.45) is 2.80. The lowest BCUT2D eigenvalue weighted by Crippen LogP contribution is -2.37. The van der Waals surface area contributed by atoms with Crippen LogP contribution in [0.3, 0.4) is 0 Å². The van der Waals surface area contributed by atoms with E-state index < -0.39 is 0 Å². The maximum Gasteiger partial charge on any atom is 0.0109 e. The van der Waals surface area contributed by atoms with Gasteiger partial charge in [0.05, 0.1) is 0 Å². The number of likely N-dealkylation sites (tertiary alicyclic amines) is 1. The largest absolute Gasteiger partial charge is 0.305 e. The second-order valence-electron chi connectivity index (χ2n) is 5.58. The standard InChI is InChI=1S/C12H25BrN2/c1-12(2,10-13)11-14(3)8-9-15-6-4-5-7-15/h4-11H2,1-3H3. The number of alkyl halides is 1. The van der Waals surface area contributed by atoms with Gasteiger partial charge in [-0.15, -0.1) is 0 Å². The topological polar surface area (TPSA) is 6.48 Å². The molecule has 0 aromatic rings. The van der Waals surface area contributed by atoms with Gasteiger partial charge in [-0.2, -0.15) is 0 Å². The van der Waals surface area contributed by atoms with E-state index >= 15 is 0 Å². The van der Waals surface area contributed by atoms with E-state index in [-0.39, 0.29) is 0 Å². The van der Waals surface area contributed by atoms with Crippen molar-refractivity contribution in [3.05, 3.63) is 0 Å². The van der Waals surface area contributed by atoms with Crippen LogP contribution in [0.5, 0.6) is 0 Å². The fraction of sp³-hybridized carbons (Fsp3) is 1.00. The Morgan fingerprint density at radius 3 is 2.40 bits per heavy atom. The molecule has 0 atom stereocenters. The van der Waals surface area contributed by atoms with E-state index in [0.717, 1.165) is 5.33 Å². The van der Waals surface area contributed by atoms with E-state index in [1.807, 2.05) is 0 Å². The summed E-state index contributed by atoms with van der Waals surface area (Å²) in [5.41, 5.74) is 0.389. The number of nitrogens with zero attached hydrogens (tertiary/aromatic N) is 2. The number of hydrogen-bond donors (Lipinski definition) is 0. The van der Waals surface area contributed by atoms with Gasteiger partial charge in [-0.1, -0.05) is 29.8 Å². The Morgan fingerprint density at radius 1 is 1.27 bits per heavy atom. The number of rotatable bonds is 6. The van der Waals surface area contributed by atoms with Crippen molar-refractivity contribution in [1.82, 2.24) is 9.80 Å². The zero-order valence-electron chi connectivity index (χ0n) is 10.4. The molecule has 0 radical (unpaired) electrons. The quantitative estimate of drug-likeness (QED) is 0.688. The fourth-order valence-corrected chi connectivity index (χ4v) is 2.35. The van der Waals surface area contributed by atoms with Crippen LogP contribution in [-0.4, -0.2) is 54.9 Å². The Bertz CT molecular complexity index is 176. The lowest BCUT2D eigenvalue weighted by atomic mass is 9.96. The fourth-order valence-electron chi connectivity index (χ4n) is 2.17. The zero-order valence-corrected chi connectivity index (χ0v) is 12.0. The molecule has 0 spiro atoms. The van der Waals surface area contributed by atoms with Crippen molar-refractivity contribution < 1.29 is 0 Å². The van der Waals surface area contributed by atoms with E-state index in [4.69, 9.17) is 0 Å². The van der Waals surface area contributed by atoms with Crippen molar-refractivity contribution in [1.29, 1.82) is 0 Å². The summed E-state index contributed by atoms with van der Waals surface area (Å²) in [7, 11) is 2.24. The summed E-state index contributed by atoms with van der Waals surface area (Å²) in [5.74, 6) is 0. The number of hydrogen-bond acceptors (Lipinski definition) is 2. The van der Waals surface area contributed by atoms with Crippen LogP contribution in [-0.2, 0) is 0 Å². The monoisotopic (exact) mass is 276 g/mol. The predicted molar refractivity (Wildman–Crippen MR) is 70.7 cm³/mol. The highest BCUT2D eigenvalue weighted by Gasteiger charge is 2.19. The molecular weight excluding hydrogens is 252 g/mol. The summed E-state index contributed by atoms with van der Waals surface area (Å²) in [6, 6.07) is 0. The summed E-state index contributed by atoms with van der Waals surface area (Å²) in [4.78, 5) is 5.04. The molecule has 15 heavy (non-hydrogen) atoms. The summed E-state index contributed by atoms with van der Waals surface area (Å²) in [6.45, 7) is 10.9. The molecule has 1 heterocycles. The van der Waals surface area contributed by atoms with Gasteiger partial charge in [-0.05, 0) is 38.4 Å². The van der Waals surface area contributed by atoms with Gasteiger partial charge in [0, 0.05) is 25.0 Å². The maximum atomic E-state index is 3.58. The lowest BCUT2D eigenvalue weighted by molar-refractivity contribution is 0.203. The van der Waals surface area contributed by atoms with Crippen molar-refractivity contribution in [2.75, 3.05) is 45.1 Å².